The number of sulfonamides is 1. The van der Waals surface area contributed by atoms with Crippen LogP contribution in [0, 0.1) is 6.92 Å². The Bertz CT molecular complexity index is 535. The average Bonchev–Trinajstić information content (AvgIpc) is 2.30. The summed E-state index contributed by atoms with van der Waals surface area (Å²) in [6.07, 6.45) is 1.97. The lowest BCUT2D eigenvalue weighted by molar-refractivity contribution is 0.597. The second kappa shape index (κ2) is 6.25. The summed E-state index contributed by atoms with van der Waals surface area (Å²) in [5.41, 5.74) is 7.75. The van der Waals surface area contributed by atoms with Crippen molar-refractivity contribution in [2.45, 2.75) is 38.5 Å². The van der Waals surface area contributed by atoms with Gasteiger partial charge in [-0.15, -0.1) is 0 Å². The zero-order chi connectivity index (χ0) is 14.6. The van der Waals surface area contributed by atoms with Gasteiger partial charge in [0.15, 0.2) is 0 Å². The number of rotatable bonds is 6. The molecular weight excluding hydrogens is 262 g/mol. The van der Waals surface area contributed by atoms with Gasteiger partial charge in [0, 0.05) is 24.5 Å². The monoisotopic (exact) mass is 285 g/mol. The molecule has 0 aliphatic carbocycles. The van der Waals surface area contributed by atoms with Crippen LogP contribution in [-0.2, 0) is 10.0 Å². The van der Waals surface area contributed by atoms with Gasteiger partial charge in [0.25, 0.3) is 0 Å². The van der Waals surface area contributed by atoms with E-state index in [4.69, 9.17) is 10.9 Å². The predicted molar refractivity (Wildman–Crippen MR) is 79.8 cm³/mol. The van der Waals surface area contributed by atoms with Gasteiger partial charge in [0.2, 0.25) is 10.0 Å². The molecule has 0 heterocycles. The smallest absolute Gasteiger partial charge is 0.238 e. The zero-order valence-electron chi connectivity index (χ0n) is 11.8. The maximum absolute atomic E-state index is 11.6. The van der Waals surface area contributed by atoms with Crippen molar-refractivity contribution in [1.29, 1.82) is 0 Å². The molecule has 0 saturated heterocycles. The fourth-order valence-corrected chi connectivity index (χ4v) is 3.04. The van der Waals surface area contributed by atoms with Gasteiger partial charge >= 0.3 is 0 Å². The highest BCUT2D eigenvalue weighted by atomic mass is 32.2. The fourth-order valence-electron chi connectivity index (χ4n) is 2.21. The van der Waals surface area contributed by atoms with Crippen LogP contribution in [0.4, 0.5) is 11.4 Å². The second-order valence-electron chi connectivity index (χ2n) is 4.70. The molecule has 0 aliphatic rings. The van der Waals surface area contributed by atoms with Crippen molar-refractivity contribution < 1.29 is 8.42 Å². The average molecular weight is 285 g/mol. The lowest BCUT2D eigenvalue weighted by atomic mass is 10.1. The van der Waals surface area contributed by atoms with Crippen LogP contribution in [0.5, 0.6) is 0 Å². The number of nitrogens with zero attached hydrogens (tertiary/aromatic N) is 1. The van der Waals surface area contributed by atoms with E-state index in [0.29, 0.717) is 11.3 Å². The van der Waals surface area contributed by atoms with Crippen LogP contribution in [0.2, 0.25) is 0 Å². The van der Waals surface area contributed by atoms with E-state index in [-0.39, 0.29) is 4.90 Å². The second-order valence-corrected chi connectivity index (χ2v) is 6.23. The lowest BCUT2D eigenvalue weighted by Gasteiger charge is -2.26. The van der Waals surface area contributed by atoms with Crippen molar-refractivity contribution in [3.63, 3.8) is 0 Å². The largest absolute Gasteiger partial charge is 0.399 e. The Hall–Kier alpha value is -1.27. The first kappa shape index (κ1) is 15.8. The molecule has 0 atom stereocenters. The van der Waals surface area contributed by atoms with E-state index < -0.39 is 10.0 Å². The third-order valence-corrected chi connectivity index (χ3v) is 4.03. The minimum absolute atomic E-state index is 0.111. The standard InChI is InChI=1S/C13H23N3O2S/c1-4-6-16(7-5-2)12-8-11(14)9-13(10(12)3)19(15,17)18/h8-9H,4-7,14H2,1-3H3,(H2,15,17,18). The number of nitrogen functional groups attached to an aromatic ring is 1. The van der Waals surface area contributed by atoms with Gasteiger partial charge in [-0.2, -0.15) is 0 Å². The molecule has 4 N–H and O–H groups in total. The predicted octanol–water partition coefficient (Wildman–Crippen LogP) is 1.85. The summed E-state index contributed by atoms with van der Waals surface area (Å²) in [5.74, 6) is 0. The first-order valence-corrected chi connectivity index (χ1v) is 8.03. The molecule has 1 rings (SSSR count). The van der Waals surface area contributed by atoms with E-state index in [2.05, 4.69) is 18.7 Å². The van der Waals surface area contributed by atoms with E-state index in [0.717, 1.165) is 31.6 Å². The quantitative estimate of drug-likeness (QED) is 0.781. The third kappa shape index (κ3) is 3.84. The van der Waals surface area contributed by atoms with Crippen LogP contribution < -0.4 is 15.8 Å². The maximum Gasteiger partial charge on any atom is 0.238 e. The Labute approximate surface area is 115 Å². The summed E-state index contributed by atoms with van der Waals surface area (Å²) in [5, 5.41) is 5.24. The number of benzene rings is 1. The van der Waals surface area contributed by atoms with Crippen molar-refractivity contribution in [2.24, 2.45) is 5.14 Å². The summed E-state index contributed by atoms with van der Waals surface area (Å²) in [7, 11) is -3.75. The topological polar surface area (TPSA) is 89.4 Å². The van der Waals surface area contributed by atoms with Gasteiger partial charge in [-0.05, 0) is 37.5 Å². The molecule has 0 aliphatic heterocycles. The van der Waals surface area contributed by atoms with Gasteiger partial charge in [0.1, 0.15) is 0 Å². The first-order valence-electron chi connectivity index (χ1n) is 6.49. The van der Waals surface area contributed by atoms with Crippen molar-refractivity contribution >= 4 is 21.4 Å². The fraction of sp³-hybridized carbons (Fsp3) is 0.538. The molecule has 0 fully saturated rings. The van der Waals surface area contributed by atoms with Gasteiger partial charge in [-0.1, -0.05) is 13.8 Å². The third-order valence-electron chi connectivity index (χ3n) is 2.99. The normalized spacial score (nSPS) is 11.6. The van der Waals surface area contributed by atoms with E-state index in [9.17, 15) is 8.42 Å². The van der Waals surface area contributed by atoms with Crippen molar-refractivity contribution in [1.82, 2.24) is 0 Å². The molecule has 0 spiro atoms. The van der Waals surface area contributed by atoms with E-state index in [1.807, 2.05) is 6.07 Å². The van der Waals surface area contributed by atoms with E-state index in [1.165, 1.54) is 6.07 Å². The van der Waals surface area contributed by atoms with Crippen LogP contribution in [0.15, 0.2) is 17.0 Å². The van der Waals surface area contributed by atoms with Crippen molar-refractivity contribution in [3.8, 4) is 0 Å². The van der Waals surface area contributed by atoms with Crippen LogP contribution in [-0.4, -0.2) is 21.5 Å². The molecule has 0 aromatic heterocycles. The zero-order valence-corrected chi connectivity index (χ0v) is 12.6. The Morgan fingerprint density at radius 3 is 2.11 bits per heavy atom. The Morgan fingerprint density at radius 1 is 1.16 bits per heavy atom. The summed E-state index contributed by atoms with van der Waals surface area (Å²) in [6.45, 7) is 7.67. The molecule has 19 heavy (non-hydrogen) atoms. The summed E-state index contributed by atoms with van der Waals surface area (Å²) < 4.78 is 23.2. The molecule has 1 aromatic rings. The van der Waals surface area contributed by atoms with Gasteiger partial charge in [-0.25, -0.2) is 13.6 Å². The number of hydrogen-bond donors (Lipinski definition) is 2. The highest BCUT2D eigenvalue weighted by Gasteiger charge is 2.18. The molecule has 0 unspecified atom stereocenters. The van der Waals surface area contributed by atoms with Crippen LogP contribution in [0.25, 0.3) is 0 Å². The molecule has 5 nitrogen and oxygen atoms in total. The minimum Gasteiger partial charge on any atom is -0.399 e. The number of anilines is 2. The van der Waals surface area contributed by atoms with Gasteiger partial charge in [0.05, 0.1) is 4.90 Å². The van der Waals surface area contributed by atoms with Crippen LogP contribution in [0.1, 0.15) is 32.3 Å². The van der Waals surface area contributed by atoms with Gasteiger partial charge < -0.3 is 10.6 Å². The van der Waals surface area contributed by atoms with Crippen LogP contribution in [0.3, 0.4) is 0 Å². The van der Waals surface area contributed by atoms with Crippen molar-refractivity contribution in [2.75, 3.05) is 23.7 Å². The Kier molecular flexibility index (Phi) is 5.20. The Balaban J connectivity index is 3.38. The first-order chi connectivity index (χ1) is 8.81. The molecule has 0 radical (unpaired) electrons. The molecular formula is C13H23N3O2S. The highest BCUT2D eigenvalue weighted by molar-refractivity contribution is 7.89. The molecule has 0 amide bonds. The Morgan fingerprint density at radius 2 is 1.68 bits per heavy atom. The summed E-state index contributed by atoms with van der Waals surface area (Å²) >= 11 is 0. The number of primary sulfonamides is 1. The lowest BCUT2D eigenvalue weighted by Crippen LogP contribution is -2.27. The number of nitrogens with two attached hydrogens (primary N) is 2. The highest BCUT2D eigenvalue weighted by Crippen LogP contribution is 2.29. The maximum atomic E-state index is 11.6. The molecule has 0 saturated carbocycles. The minimum atomic E-state index is -3.75. The number of hydrogen-bond acceptors (Lipinski definition) is 4. The summed E-state index contributed by atoms with van der Waals surface area (Å²) in [6, 6.07) is 3.24. The summed E-state index contributed by atoms with van der Waals surface area (Å²) in [4.78, 5) is 2.26. The molecule has 0 bridgehead atoms. The SMILES string of the molecule is CCCN(CCC)c1cc(N)cc(S(N)(=O)=O)c1C. The van der Waals surface area contributed by atoms with Crippen molar-refractivity contribution in [3.05, 3.63) is 17.7 Å². The molecule has 1 aromatic carbocycles. The molecule has 108 valence electrons. The van der Waals surface area contributed by atoms with E-state index in [1.54, 1.807) is 6.92 Å². The van der Waals surface area contributed by atoms with E-state index >= 15 is 0 Å². The molecule has 6 heteroatoms. The van der Waals surface area contributed by atoms with Crippen LogP contribution >= 0.6 is 0 Å². The van der Waals surface area contributed by atoms with Gasteiger partial charge in [-0.3, -0.25) is 0 Å².